The van der Waals surface area contributed by atoms with Crippen LogP contribution in [0.2, 0.25) is 31.7 Å². The standard InChI is InChI=1S/C15H23FNOSi2/c1-6-19(3)10-11-20(4,5)14-9-7-8-13(12-14)17(2)15(16)18/h6-9,12H,1,10-11H2,2-5H3. The summed E-state index contributed by atoms with van der Waals surface area (Å²) in [5.74, 6) is 0. The van der Waals surface area contributed by atoms with Gasteiger partial charge in [0.05, 0.1) is 16.9 Å². The quantitative estimate of drug-likeness (QED) is 0.442. The molecule has 0 aliphatic rings. The molecular formula is C15H23FNOSi2. The number of carbonyl (C=O) groups is 1. The van der Waals surface area contributed by atoms with Crippen molar-refractivity contribution in [1.29, 1.82) is 0 Å². The summed E-state index contributed by atoms with van der Waals surface area (Å²) < 4.78 is 12.8. The summed E-state index contributed by atoms with van der Waals surface area (Å²) in [6.45, 7) is 10.8. The molecule has 0 aliphatic heterocycles. The van der Waals surface area contributed by atoms with Crippen LogP contribution in [0.1, 0.15) is 0 Å². The molecular weight excluding hydrogens is 285 g/mol. The Labute approximate surface area is 123 Å². The lowest BCUT2D eigenvalue weighted by atomic mass is 10.3. The summed E-state index contributed by atoms with van der Waals surface area (Å²) >= 11 is 0. The minimum absolute atomic E-state index is 0.434. The summed E-state index contributed by atoms with van der Waals surface area (Å²) in [6.07, 6.45) is -1.42. The first kappa shape index (κ1) is 16.8. The van der Waals surface area contributed by atoms with Crippen molar-refractivity contribution >= 4 is 33.9 Å². The van der Waals surface area contributed by atoms with Gasteiger partial charge in [-0.1, -0.05) is 49.0 Å². The fourth-order valence-corrected chi connectivity index (χ4v) is 7.65. The van der Waals surface area contributed by atoms with Gasteiger partial charge in [-0.2, -0.15) is 0 Å². The van der Waals surface area contributed by atoms with E-state index in [9.17, 15) is 9.18 Å². The number of anilines is 1. The molecule has 5 heteroatoms. The first-order valence-electron chi connectivity index (χ1n) is 6.76. The van der Waals surface area contributed by atoms with E-state index in [0.29, 0.717) is 5.69 Å². The summed E-state index contributed by atoms with van der Waals surface area (Å²) in [7, 11) is -0.528. The normalized spacial score (nSPS) is 11.5. The molecule has 20 heavy (non-hydrogen) atoms. The van der Waals surface area contributed by atoms with Crippen molar-refractivity contribution in [3.05, 3.63) is 36.5 Å². The van der Waals surface area contributed by atoms with Crippen LogP contribution in [-0.4, -0.2) is 30.1 Å². The van der Waals surface area contributed by atoms with Crippen molar-refractivity contribution < 1.29 is 9.18 Å². The largest absolute Gasteiger partial charge is 0.404 e. The van der Waals surface area contributed by atoms with Crippen molar-refractivity contribution in [1.82, 2.24) is 0 Å². The van der Waals surface area contributed by atoms with E-state index in [2.05, 4.69) is 38.0 Å². The van der Waals surface area contributed by atoms with Gasteiger partial charge in [-0.3, -0.25) is 4.90 Å². The number of hydrogen-bond acceptors (Lipinski definition) is 1. The Bertz CT molecular complexity index is 491. The van der Waals surface area contributed by atoms with Crippen LogP contribution >= 0.6 is 0 Å². The zero-order chi connectivity index (χ0) is 15.3. The highest BCUT2D eigenvalue weighted by atomic mass is 28.3. The number of nitrogens with zero attached hydrogens (tertiary/aromatic N) is 1. The number of benzene rings is 1. The molecule has 0 heterocycles. The molecule has 1 radical (unpaired) electrons. The van der Waals surface area contributed by atoms with Gasteiger partial charge in [0.25, 0.3) is 0 Å². The van der Waals surface area contributed by atoms with Gasteiger partial charge in [0, 0.05) is 12.7 Å². The van der Waals surface area contributed by atoms with E-state index in [0.717, 1.165) is 4.90 Å². The van der Waals surface area contributed by atoms with E-state index in [4.69, 9.17) is 0 Å². The maximum Gasteiger partial charge on any atom is 0.404 e. The second-order valence-corrected chi connectivity index (χ2v) is 13.2. The lowest BCUT2D eigenvalue weighted by Gasteiger charge is -2.25. The molecule has 0 fully saturated rings. The maximum atomic E-state index is 12.8. The fourth-order valence-electron chi connectivity index (χ4n) is 1.99. The van der Waals surface area contributed by atoms with Crippen molar-refractivity contribution in [3.8, 4) is 0 Å². The van der Waals surface area contributed by atoms with Crippen LogP contribution in [0, 0.1) is 0 Å². The lowest BCUT2D eigenvalue weighted by Crippen LogP contribution is -2.42. The van der Waals surface area contributed by atoms with Crippen LogP contribution in [0.15, 0.2) is 36.5 Å². The summed E-state index contributed by atoms with van der Waals surface area (Å²) in [5, 5.41) is 1.27. The van der Waals surface area contributed by atoms with Crippen LogP contribution in [0.5, 0.6) is 0 Å². The average Bonchev–Trinajstić information content (AvgIpc) is 2.44. The monoisotopic (exact) mass is 308 g/mol. The third-order valence-corrected chi connectivity index (χ3v) is 9.38. The van der Waals surface area contributed by atoms with Gasteiger partial charge in [0.2, 0.25) is 0 Å². The number of hydrogen-bond donors (Lipinski definition) is 0. The SMILES string of the molecule is C=C[Si](C)CC[Si](C)(C)c1cccc(N(C)C(=O)F)c1. The molecule has 1 aromatic carbocycles. The minimum atomic E-state index is -1.55. The van der Waals surface area contributed by atoms with E-state index in [1.165, 1.54) is 24.3 Å². The third-order valence-electron chi connectivity index (χ3n) is 3.77. The minimum Gasteiger partial charge on any atom is -0.287 e. The molecule has 0 aromatic heterocycles. The smallest absolute Gasteiger partial charge is 0.287 e. The molecule has 0 atom stereocenters. The first-order valence-corrected chi connectivity index (χ1v) is 12.3. The zero-order valence-corrected chi connectivity index (χ0v) is 14.7. The molecule has 0 aliphatic carbocycles. The molecule has 0 unspecified atom stereocenters. The Morgan fingerprint density at radius 2 is 2.15 bits per heavy atom. The highest BCUT2D eigenvalue weighted by molar-refractivity contribution is 6.90. The molecule has 2 nitrogen and oxygen atoms in total. The second-order valence-electron chi connectivity index (χ2n) is 5.80. The van der Waals surface area contributed by atoms with Gasteiger partial charge in [0.1, 0.15) is 0 Å². The summed E-state index contributed by atoms with van der Waals surface area (Å²) in [5.41, 5.74) is 2.71. The van der Waals surface area contributed by atoms with Crippen LogP contribution in [0.4, 0.5) is 14.9 Å². The molecule has 0 bridgehead atoms. The highest BCUT2D eigenvalue weighted by Gasteiger charge is 2.24. The lowest BCUT2D eigenvalue weighted by molar-refractivity contribution is 0.229. The molecule has 1 amide bonds. The summed E-state index contributed by atoms with van der Waals surface area (Å²) in [6, 6.07) is 10.1. The second kappa shape index (κ2) is 6.99. The van der Waals surface area contributed by atoms with E-state index in [-0.39, 0.29) is 0 Å². The Hall–Kier alpha value is -1.21. The first-order chi connectivity index (χ1) is 9.27. The van der Waals surface area contributed by atoms with Crippen molar-refractivity contribution in [2.24, 2.45) is 0 Å². The number of rotatable bonds is 6. The Balaban J connectivity index is 2.92. The van der Waals surface area contributed by atoms with Crippen molar-refractivity contribution in [3.63, 3.8) is 0 Å². The van der Waals surface area contributed by atoms with E-state index in [1.807, 2.05) is 12.1 Å². The Morgan fingerprint density at radius 3 is 2.70 bits per heavy atom. The molecule has 0 N–H and O–H groups in total. The van der Waals surface area contributed by atoms with Crippen LogP contribution in [-0.2, 0) is 0 Å². The maximum absolute atomic E-state index is 12.8. The molecule has 0 spiro atoms. The fraction of sp³-hybridized carbons (Fsp3) is 0.400. The Kier molecular flexibility index (Phi) is 5.89. The predicted molar refractivity (Wildman–Crippen MR) is 89.9 cm³/mol. The third kappa shape index (κ3) is 4.42. The van der Waals surface area contributed by atoms with Gasteiger partial charge < -0.3 is 0 Å². The molecule has 0 saturated heterocycles. The molecule has 1 aromatic rings. The average molecular weight is 309 g/mol. The Morgan fingerprint density at radius 1 is 1.50 bits per heavy atom. The number of carbonyl (C=O) groups excluding carboxylic acids is 1. The van der Waals surface area contributed by atoms with Crippen LogP contribution in [0.25, 0.3) is 0 Å². The summed E-state index contributed by atoms with van der Waals surface area (Å²) in [4.78, 5) is 11.9. The van der Waals surface area contributed by atoms with Crippen LogP contribution in [0.3, 0.4) is 0 Å². The van der Waals surface area contributed by atoms with Gasteiger partial charge in [-0.05, 0) is 12.1 Å². The topological polar surface area (TPSA) is 20.3 Å². The van der Waals surface area contributed by atoms with Gasteiger partial charge in [-0.15, -0.1) is 16.7 Å². The molecule has 109 valence electrons. The van der Waals surface area contributed by atoms with Crippen molar-refractivity contribution in [2.75, 3.05) is 11.9 Å². The van der Waals surface area contributed by atoms with E-state index >= 15 is 0 Å². The molecule has 1 rings (SSSR count). The van der Waals surface area contributed by atoms with Gasteiger partial charge in [-0.25, -0.2) is 4.79 Å². The van der Waals surface area contributed by atoms with Crippen LogP contribution < -0.4 is 10.1 Å². The van der Waals surface area contributed by atoms with E-state index in [1.54, 1.807) is 6.07 Å². The van der Waals surface area contributed by atoms with Gasteiger partial charge in [0.15, 0.2) is 0 Å². The van der Waals surface area contributed by atoms with Gasteiger partial charge >= 0.3 is 6.16 Å². The predicted octanol–water partition coefficient (Wildman–Crippen LogP) is 3.98. The van der Waals surface area contributed by atoms with E-state index < -0.39 is 23.0 Å². The highest BCUT2D eigenvalue weighted by Crippen LogP contribution is 2.19. The van der Waals surface area contributed by atoms with Crippen molar-refractivity contribution in [2.45, 2.75) is 31.7 Å². The number of halogens is 1. The zero-order valence-electron chi connectivity index (χ0n) is 12.7. The number of amides is 1. The molecule has 0 saturated carbocycles.